The first-order chi connectivity index (χ1) is 9.81. The summed E-state index contributed by atoms with van der Waals surface area (Å²) in [6, 6.07) is 16.6. The standard InChI is InChI=1S/C18H16O2/c1-2-3-13-4-8-17-14(10-13)5-6-15-11-16(20-12-19)7-9-18(15)17/h4-12H,2-3H2,1H3. The van der Waals surface area contributed by atoms with Gasteiger partial charge in [-0.2, -0.15) is 0 Å². The van der Waals surface area contributed by atoms with Gasteiger partial charge in [0.25, 0.3) is 6.47 Å². The van der Waals surface area contributed by atoms with Gasteiger partial charge in [-0.3, -0.25) is 4.79 Å². The number of hydrogen-bond donors (Lipinski definition) is 0. The zero-order valence-corrected chi connectivity index (χ0v) is 11.4. The molecule has 3 aromatic rings. The van der Waals surface area contributed by atoms with E-state index in [0.717, 1.165) is 18.2 Å². The van der Waals surface area contributed by atoms with E-state index in [4.69, 9.17) is 4.74 Å². The third-order valence-corrected chi connectivity index (χ3v) is 3.59. The number of hydrogen-bond acceptors (Lipinski definition) is 2. The summed E-state index contributed by atoms with van der Waals surface area (Å²) in [5.74, 6) is 0.578. The second-order valence-corrected chi connectivity index (χ2v) is 4.97. The summed E-state index contributed by atoms with van der Waals surface area (Å²) in [6.45, 7) is 2.65. The number of ether oxygens (including phenoxy) is 1. The zero-order chi connectivity index (χ0) is 13.9. The van der Waals surface area contributed by atoms with Crippen LogP contribution in [0.2, 0.25) is 0 Å². The average molecular weight is 264 g/mol. The molecule has 20 heavy (non-hydrogen) atoms. The second kappa shape index (κ2) is 5.33. The van der Waals surface area contributed by atoms with Crippen molar-refractivity contribution in [3.63, 3.8) is 0 Å². The molecule has 0 radical (unpaired) electrons. The molecule has 0 bridgehead atoms. The second-order valence-electron chi connectivity index (χ2n) is 4.97. The maximum atomic E-state index is 10.4. The monoisotopic (exact) mass is 264 g/mol. The Morgan fingerprint density at radius 2 is 1.65 bits per heavy atom. The number of rotatable bonds is 4. The van der Waals surface area contributed by atoms with E-state index in [0.29, 0.717) is 12.2 Å². The van der Waals surface area contributed by atoms with Crippen LogP contribution in [0.25, 0.3) is 21.5 Å². The topological polar surface area (TPSA) is 26.3 Å². The molecular weight excluding hydrogens is 248 g/mol. The highest BCUT2D eigenvalue weighted by Crippen LogP contribution is 2.29. The molecular formula is C18H16O2. The quantitative estimate of drug-likeness (QED) is 0.513. The lowest BCUT2D eigenvalue weighted by atomic mass is 9.99. The molecule has 100 valence electrons. The van der Waals surface area contributed by atoms with Crippen molar-refractivity contribution in [3.05, 3.63) is 54.1 Å². The molecule has 0 spiro atoms. The van der Waals surface area contributed by atoms with Crippen LogP contribution in [0.15, 0.2) is 48.5 Å². The molecule has 0 aromatic heterocycles. The van der Waals surface area contributed by atoms with E-state index < -0.39 is 0 Å². The van der Waals surface area contributed by atoms with Crippen molar-refractivity contribution in [2.24, 2.45) is 0 Å². The minimum absolute atomic E-state index is 0.458. The SMILES string of the molecule is CCCc1ccc2c(ccc3cc(OC=O)ccc32)c1. The lowest BCUT2D eigenvalue weighted by Crippen LogP contribution is -1.88. The summed E-state index contributed by atoms with van der Waals surface area (Å²) in [7, 11) is 0. The van der Waals surface area contributed by atoms with Crippen LogP contribution in [0.5, 0.6) is 5.75 Å². The van der Waals surface area contributed by atoms with Gasteiger partial charge in [0.1, 0.15) is 5.75 Å². The highest BCUT2D eigenvalue weighted by atomic mass is 16.5. The molecule has 0 saturated heterocycles. The molecule has 0 N–H and O–H groups in total. The van der Waals surface area contributed by atoms with E-state index in [1.165, 1.54) is 21.7 Å². The Hall–Kier alpha value is -2.35. The average Bonchev–Trinajstić information content (AvgIpc) is 2.47. The van der Waals surface area contributed by atoms with Gasteiger partial charge in [-0.1, -0.05) is 49.7 Å². The first kappa shape index (κ1) is 12.7. The number of carbonyl (C=O) groups excluding carboxylic acids is 1. The molecule has 0 amide bonds. The van der Waals surface area contributed by atoms with Crippen molar-refractivity contribution in [2.45, 2.75) is 19.8 Å². The Morgan fingerprint density at radius 3 is 2.35 bits per heavy atom. The van der Waals surface area contributed by atoms with E-state index in [-0.39, 0.29) is 0 Å². The van der Waals surface area contributed by atoms with Gasteiger partial charge in [-0.15, -0.1) is 0 Å². The van der Waals surface area contributed by atoms with Gasteiger partial charge in [0.15, 0.2) is 0 Å². The van der Waals surface area contributed by atoms with Crippen LogP contribution in [0.4, 0.5) is 0 Å². The molecule has 0 heterocycles. The van der Waals surface area contributed by atoms with Crippen LogP contribution in [0.1, 0.15) is 18.9 Å². The Morgan fingerprint density at radius 1 is 0.950 bits per heavy atom. The predicted octanol–water partition coefficient (Wildman–Crippen LogP) is 4.48. The van der Waals surface area contributed by atoms with Crippen LogP contribution in [0, 0.1) is 0 Å². The molecule has 3 aromatic carbocycles. The Balaban J connectivity index is 2.17. The molecule has 2 heteroatoms. The molecule has 0 unspecified atom stereocenters. The summed E-state index contributed by atoms with van der Waals surface area (Å²) < 4.78 is 4.90. The van der Waals surface area contributed by atoms with Crippen molar-refractivity contribution in [2.75, 3.05) is 0 Å². The fraction of sp³-hybridized carbons (Fsp3) is 0.167. The van der Waals surface area contributed by atoms with E-state index in [1.807, 2.05) is 18.2 Å². The number of aryl methyl sites for hydroxylation is 1. The van der Waals surface area contributed by atoms with E-state index in [1.54, 1.807) is 0 Å². The van der Waals surface area contributed by atoms with Crippen LogP contribution in [0.3, 0.4) is 0 Å². The van der Waals surface area contributed by atoms with E-state index in [2.05, 4.69) is 37.3 Å². The largest absolute Gasteiger partial charge is 0.429 e. The molecule has 0 atom stereocenters. The fourth-order valence-corrected chi connectivity index (χ4v) is 2.67. The first-order valence-corrected chi connectivity index (χ1v) is 6.87. The molecule has 0 aliphatic carbocycles. The molecule has 0 saturated carbocycles. The van der Waals surface area contributed by atoms with Gasteiger partial charge in [-0.25, -0.2) is 0 Å². The minimum atomic E-state index is 0.458. The molecule has 2 nitrogen and oxygen atoms in total. The lowest BCUT2D eigenvalue weighted by Gasteiger charge is -2.07. The zero-order valence-electron chi connectivity index (χ0n) is 11.4. The van der Waals surface area contributed by atoms with E-state index >= 15 is 0 Å². The highest BCUT2D eigenvalue weighted by Gasteiger charge is 2.03. The summed E-state index contributed by atoms with van der Waals surface area (Å²) in [6.07, 6.45) is 2.27. The number of carbonyl (C=O) groups is 1. The van der Waals surface area contributed by atoms with Crippen molar-refractivity contribution < 1.29 is 9.53 Å². The molecule has 3 rings (SSSR count). The third-order valence-electron chi connectivity index (χ3n) is 3.59. The molecule has 0 aliphatic rings. The van der Waals surface area contributed by atoms with Gasteiger partial charge in [0.2, 0.25) is 0 Å². The van der Waals surface area contributed by atoms with Crippen molar-refractivity contribution >= 4 is 28.0 Å². The van der Waals surface area contributed by atoms with Crippen LogP contribution in [-0.4, -0.2) is 6.47 Å². The molecule has 0 fully saturated rings. The first-order valence-electron chi connectivity index (χ1n) is 6.87. The Bertz CT molecular complexity index is 775. The summed E-state index contributed by atoms with van der Waals surface area (Å²) in [5, 5.41) is 4.76. The van der Waals surface area contributed by atoms with Crippen LogP contribution < -0.4 is 4.74 Å². The fourth-order valence-electron chi connectivity index (χ4n) is 2.67. The lowest BCUT2D eigenvalue weighted by molar-refractivity contribution is -0.120. The molecule has 0 aliphatic heterocycles. The van der Waals surface area contributed by atoms with Gasteiger partial charge in [0.05, 0.1) is 0 Å². The Labute approximate surface area is 118 Å². The maximum absolute atomic E-state index is 10.4. The van der Waals surface area contributed by atoms with Gasteiger partial charge in [-0.05, 0) is 45.7 Å². The number of benzene rings is 3. The Kier molecular flexibility index (Phi) is 3.38. The van der Waals surface area contributed by atoms with Gasteiger partial charge < -0.3 is 4.74 Å². The third kappa shape index (κ3) is 2.25. The number of fused-ring (bicyclic) bond motifs is 3. The maximum Gasteiger partial charge on any atom is 0.298 e. The highest BCUT2D eigenvalue weighted by molar-refractivity contribution is 6.07. The summed E-state index contributed by atoms with van der Waals surface area (Å²) in [5.41, 5.74) is 1.38. The minimum Gasteiger partial charge on any atom is -0.429 e. The van der Waals surface area contributed by atoms with Crippen molar-refractivity contribution in [1.29, 1.82) is 0 Å². The summed E-state index contributed by atoms with van der Waals surface area (Å²) >= 11 is 0. The smallest absolute Gasteiger partial charge is 0.298 e. The summed E-state index contributed by atoms with van der Waals surface area (Å²) in [4.78, 5) is 10.4. The normalized spacial score (nSPS) is 10.8. The van der Waals surface area contributed by atoms with Gasteiger partial charge in [0, 0.05) is 0 Å². The van der Waals surface area contributed by atoms with Gasteiger partial charge >= 0.3 is 0 Å². The van der Waals surface area contributed by atoms with Crippen molar-refractivity contribution in [1.82, 2.24) is 0 Å². The predicted molar refractivity (Wildman–Crippen MR) is 82.1 cm³/mol. The van der Waals surface area contributed by atoms with Crippen LogP contribution in [-0.2, 0) is 11.2 Å². The van der Waals surface area contributed by atoms with Crippen molar-refractivity contribution in [3.8, 4) is 5.75 Å². The van der Waals surface area contributed by atoms with Crippen LogP contribution >= 0.6 is 0 Å². The van der Waals surface area contributed by atoms with E-state index in [9.17, 15) is 4.79 Å².